The van der Waals surface area contributed by atoms with Gasteiger partial charge in [0.25, 0.3) is 0 Å². The third-order valence-electron chi connectivity index (χ3n) is 2.43. The van der Waals surface area contributed by atoms with E-state index in [4.69, 9.17) is 5.11 Å². The average Bonchev–Trinajstić information content (AvgIpc) is 2.37. The predicted octanol–water partition coefficient (Wildman–Crippen LogP) is 2.09. The van der Waals surface area contributed by atoms with Crippen molar-refractivity contribution >= 4 is 17.5 Å². The van der Waals surface area contributed by atoms with E-state index < -0.39 is 10.9 Å². The lowest BCUT2D eigenvalue weighted by atomic mass is 10.2. The van der Waals surface area contributed by atoms with Gasteiger partial charge >= 0.3 is 11.7 Å². The van der Waals surface area contributed by atoms with Crippen LogP contribution in [0.4, 0.5) is 11.5 Å². The van der Waals surface area contributed by atoms with Crippen LogP contribution in [0.5, 0.6) is 0 Å². The van der Waals surface area contributed by atoms with E-state index in [-0.39, 0.29) is 17.1 Å². The molecule has 0 unspecified atom stereocenters. The molecule has 0 bridgehead atoms. The van der Waals surface area contributed by atoms with Crippen LogP contribution < -0.4 is 4.90 Å². The Balaban J connectivity index is 3.27. The van der Waals surface area contributed by atoms with E-state index >= 15 is 0 Å². The second-order valence-corrected chi connectivity index (χ2v) is 3.86. The Morgan fingerprint density at radius 1 is 1.68 bits per heavy atom. The zero-order chi connectivity index (χ0) is 14.4. The molecule has 0 radical (unpaired) electrons. The predicted molar refractivity (Wildman–Crippen MR) is 70.6 cm³/mol. The van der Waals surface area contributed by atoms with Crippen LogP contribution in [0, 0.1) is 10.1 Å². The standard InChI is InChI=1S/C12H15N3O4/c1-3-5-14(6-4-2)11-10(15(18)19)7-9(8-13-11)12(16)17/h3,7-8H,1,4-6H2,2H3,(H,16,17). The van der Waals surface area contributed by atoms with E-state index in [1.54, 1.807) is 11.0 Å². The zero-order valence-electron chi connectivity index (χ0n) is 10.6. The van der Waals surface area contributed by atoms with E-state index in [0.717, 1.165) is 18.7 Å². The van der Waals surface area contributed by atoms with Gasteiger partial charge in [-0.25, -0.2) is 9.78 Å². The molecule has 0 fully saturated rings. The summed E-state index contributed by atoms with van der Waals surface area (Å²) in [5, 5.41) is 19.9. The second kappa shape index (κ2) is 6.48. The minimum atomic E-state index is -1.24. The summed E-state index contributed by atoms with van der Waals surface area (Å²) in [6.45, 7) is 6.52. The van der Waals surface area contributed by atoms with E-state index in [2.05, 4.69) is 11.6 Å². The molecule has 0 amide bonds. The van der Waals surface area contributed by atoms with Crippen molar-refractivity contribution in [3.05, 3.63) is 40.6 Å². The molecule has 0 aromatic carbocycles. The van der Waals surface area contributed by atoms with Crippen LogP contribution in [0.3, 0.4) is 0 Å². The zero-order valence-corrected chi connectivity index (χ0v) is 10.6. The van der Waals surface area contributed by atoms with Crippen LogP contribution in [0.25, 0.3) is 0 Å². The summed E-state index contributed by atoms with van der Waals surface area (Å²) in [5.74, 6) is -1.08. The summed E-state index contributed by atoms with van der Waals surface area (Å²) in [7, 11) is 0. The number of carboxylic acids is 1. The minimum absolute atomic E-state index is 0.164. The molecule has 102 valence electrons. The maximum absolute atomic E-state index is 11.0. The third kappa shape index (κ3) is 3.51. The van der Waals surface area contributed by atoms with Crippen molar-refractivity contribution in [3.8, 4) is 0 Å². The number of hydrogen-bond acceptors (Lipinski definition) is 5. The number of nitro groups is 1. The van der Waals surface area contributed by atoms with Gasteiger partial charge in [0.15, 0.2) is 0 Å². The van der Waals surface area contributed by atoms with Crippen molar-refractivity contribution < 1.29 is 14.8 Å². The largest absolute Gasteiger partial charge is 0.478 e. The van der Waals surface area contributed by atoms with Gasteiger partial charge < -0.3 is 10.0 Å². The van der Waals surface area contributed by atoms with Crippen LogP contribution >= 0.6 is 0 Å². The highest BCUT2D eigenvalue weighted by Gasteiger charge is 2.22. The Labute approximate surface area is 110 Å². The monoisotopic (exact) mass is 265 g/mol. The van der Waals surface area contributed by atoms with Gasteiger partial charge in [-0.1, -0.05) is 13.0 Å². The molecule has 0 aliphatic heterocycles. The Morgan fingerprint density at radius 3 is 2.84 bits per heavy atom. The highest BCUT2D eigenvalue weighted by atomic mass is 16.6. The first-order valence-electron chi connectivity index (χ1n) is 5.74. The Bertz CT molecular complexity index is 502. The molecule has 0 aliphatic carbocycles. The Morgan fingerprint density at radius 2 is 2.37 bits per heavy atom. The molecule has 1 N–H and O–H groups in total. The number of nitrogens with zero attached hydrogens (tertiary/aromatic N) is 3. The average molecular weight is 265 g/mol. The maximum atomic E-state index is 11.0. The van der Waals surface area contributed by atoms with E-state index in [1.807, 2.05) is 6.92 Å². The molecule has 0 saturated heterocycles. The summed E-state index contributed by atoms with van der Waals surface area (Å²) in [6.07, 6.45) is 3.52. The van der Waals surface area contributed by atoms with Crippen molar-refractivity contribution in [2.75, 3.05) is 18.0 Å². The molecule has 0 spiro atoms. The lowest BCUT2D eigenvalue weighted by Gasteiger charge is -2.21. The molecule has 1 heterocycles. The minimum Gasteiger partial charge on any atom is -0.478 e. The number of carbonyl (C=O) groups is 1. The van der Waals surface area contributed by atoms with E-state index in [9.17, 15) is 14.9 Å². The molecule has 0 aliphatic rings. The fourth-order valence-corrected chi connectivity index (χ4v) is 1.65. The lowest BCUT2D eigenvalue weighted by molar-refractivity contribution is -0.384. The van der Waals surface area contributed by atoms with Crippen molar-refractivity contribution in [2.24, 2.45) is 0 Å². The first-order chi connectivity index (χ1) is 9.01. The van der Waals surface area contributed by atoms with Crippen molar-refractivity contribution in [2.45, 2.75) is 13.3 Å². The van der Waals surface area contributed by atoms with Crippen LogP contribution in [0.15, 0.2) is 24.9 Å². The first kappa shape index (κ1) is 14.6. The van der Waals surface area contributed by atoms with Crippen molar-refractivity contribution in [1.29, 1.82) is 0 Å². The van der Waals surface area contributed by atoms with Gasteiger partial charge in [-0.2, -0.15) is 0 Å². The lowest BCUT2D eigenvalue weighted by Crippen LogP contribution is -2.26. The molecule has 1 rings (SSSR count). The fourth-order valence-electron chi connectivity index (χ4n) is 1.65. The quantitative estimate of drug-likeness (QED) is 0.460. The summed E-state index contributed by atoms with van der Waals surface area (Å²) in [5.41, 5.74) is -0.513. The smallest absolute Gasteiger partial charge is 0.337 e. The van der Waals surface area contributed by atoms with Gasteiger partial charge in [-0.15, -0.1) is 6.58 Å². The van der Waals surface area contributed by atoms with Crippen molar-refractivity contribution in [1.82, 2.24) is 4.98 Å². The van der Waals surface area contributed by atoms with Crippen LogP contribution in [-0.2, 0) is 0 Å². The Kier molecular flexibility index (Phi) is 4.99. The van der Waals surface area contributed by atoms with Gasteiger partial charge in [0.05, 0.1) is 10.5 Å². The molecular formula is C12H15N3O4. The third-order valence-corrected chi connectivity index (χ3v) is 2.43. The first-order valence-corrected chi connectivity index (χ1v) is 5.74. The number of carboxylic acid groups (broad SMARTS) is 1. The number of hydrogen-bond donors (Lipinski definition) is 1. The molecule has 1 aromatic heterocycles. The number of aromatic nitrogens is 1. The molecule has 1 aromatic rings. The van der Waals surface area contributed by atoms with Gasteiger partial charge in [0, 0.05) is 25.4 Å². The van der Waals surface area contributed by atoms with Crippen LogP contribution in [-0.4, -0.2) is 34.1 Å². The number of aromatic carboxylic acids is 1. The summed E-state index contributed by atoms with van der Waals surface area (Å²) in [4.78, 5) is 26.8. The number of rotatable bonds is 7. The van der Waals surface area contributed by atoms with E-state index in [0.29, 0.717) is 13.1 Å². The van der Waals surface area contributed by atoms with Crippen LogP contribution in [0.1, 0.15) is 23.7 Å². The second-order valence-electron chi connectivity index (χ2n) is 3.86. The van der Waals surface area contributed by atoms with Gasteiger partial charge in [-0.05, 0) is 6.42 Å². The molecular weight excluding hydrogens is 250 g/mol. The number of anilines is 1. The van der Waals surface area contributed by atoms with Crippen LogP contribution in [0.2, 0.25) is 0 Å². The highest BCUT2D eigenvalue weighted by Crippen LogP contribution is 2.26. The molecule has 19 heavy (non-hydrogen) atoms. The normalized spacial score (nSPS) is 9.95. The molecule has 7 heteroatoms. The van der Waals surface area contributed by atoms with Gasteiger partial charge in [-0.3, -0.25) is 10.1 Å². The SMILES string of the molecule is C=CCN(CCC)c1ncc(C(=O)O)cc1[N+](=O)[O-]. The Hall–Kier alpha value is -2.44. The highest BCUT2D eigenvalue weighted by molar-refractivity contribution is 5.88. The summed E-state index contributed by atoms with van der Waals surface area (Å²) >= 11 is 0. The molecule has 7 nitrogen and oxygen atoms in total. The topological polar surface area (TPSA) is 96.6 Å². The van der Waals surface area contributed by atoms with E-state index in [1.165, 1.54) is 0 Å². The molecule has 0 saturated carbocycles. The maximum Gasteiger partial charge on any atom is 0.337 e. The summed E-state index contributed by atoms with van der Waals surface area (Å²) < 4.78 is 0. The number of pyridine rings is 1. The summed E-state index contributed by atoms with van der Waals surface area (Å²) in [6, 6.07) is 1.02. The fraction of sp³-hybridized carbons (Fsp3) is 0.333. The van der Waals surface area contributed by atoms with Gasteiger partial charge in [0.2, 0.25) is 5.82 Å². The van der Waals surface area contributed by atoms with Crippen molar-refractivity contribution in [3.63, 3.8) is 0 Å². The van der Waals surface area contributed by atoms with Gasteiger partial charge in [0.1, 0.15) is 0 Å². The molecule has 0 atom stereocenters.